The van der Waals surface area contributed by atoms with E-state index in [0.29, 0.717) is 13.0 Å². The molecule has 0 bridgehead atoms. The van der Waals surface area contributed by atoms with Crippen molar-refractivity contribution >= 4 is 12.1 Å². The standard InChI is InChI=1S/C6H12O2.C3H7NO2/c1-2-3-4-5-6(7)8;1-2-4-3(5)6/h2-5H2,1H3,(H,7,8);4H,2H2,1H3,(H,5,6). The summed E-state index contributed by atoms with van der Waals surface area (Å²) in [6, 6.07) is 0. The quantitative estimate of drug-likeness (QED) is 0.598. The molecule has 0 heterocycles. The Hall–Kier alpha value is -1.26. The molecule has 14 heavy (non-hydrogen) atoms. The van der Waals surface area contributed by atoms with Crippen LogP contribution in [0, 0.1) is 0 Å². The van der Waals surface area contributed by atoms with Gasteiger partial charge in [0, 0.05) is 13.0 Å². The normalized spacial score (nSPS) is 8.43. The van der Waals surface area contributed by atoms with Crippen molar-refractivity contribution in [2.45, 2.75) is 39.5 Å². The van der Waals surface area contributed by atoms with E-state index in [0.717, 1.165) is 19.3 Å². The van der Waals surface area contributed by atoms with Crippen LogP contribution in [-0.4, -0.2) is 28.8 Å². The van der Waals surface area contributed by atoms with Crippen molar-refractivity contribution in [1.29, 1.82) is 0 Å². The van der Waals surface area contributed by atoms with Gasteiger partial charge in [-0.2, -0.15) is 0 Å². The molecule has 0 radical (unpaired) electrons. The van der Waals surface area contributed by atoms with Gasteiger partial charge in [-0.25, -0.2) is 4.79 Å². The molecule has 0 aliphatic rings. The molecule has 0 saturated carbocycles. The lowest BCUT2D eigenvalue weighted by atomic mass is 10.2. The van der Waals surface area contributed by atoms with Crippen molar-refractivity contribution < 1.29 is 19.8 Å². The van der Waals surface area contributed by atoms with E-state index in [4.69, 9.17) is 10.2 Å². The molecule has 0 aliphatic heterocycles. The van der Waals surface area contributed by atoms with Crippen LogP contribution in [0.1, 0.15) is 39.5 Å². The molecular formula is C9H19NO4. The summed E-state index contributed by atoms with van der Waals surface area (Å²) >= 11 is 0. The number of unbranched alkanes of at least 4 members (excludes halogenated alkanes) is 2. The van der Waals surface area contributed by atoms with Crippen molar-refractivity contribution in [2.24, 2.45) is 0 Å². The SMILES string of the molecule is CCCCCC(=O)O.CCNC(=O)O. The molecule has 0 fully saturated rings. The van der Waals surface area contributed by atoms with Gasteiger partial charge in [0.25, 0.3) is 0 Å². The van der Waals surface area contributed by atoms with Crippen LogP contribution in [0.4, 0.5) is 4.79 Å². The summed E-state index contributed by atoms with van der Waals surface area (Å²) in [5.74, 6) is -0.682. The zero-order valence-electron chi connectivity index (χ0n) is 8.75. The van der Waals surface area contributed by atoms with E-state index in [9.17, 15) is 9.59 Å². The van der Waals surface area contributed by atoms with E-state index in [2.05, 4.69) is 12.2 Å². The minimum absolute atomic E-state index is 0.327. The molecule has 3 N–H and O–H groups in total. The average Bonchev–Trinajstić information content (AvgIpc) is 2.05. The number of carboxylic acids is 1. The third-order valence-corrected chi connectivity index (χ3v) is 1.32. The fourth-order valence-corrected chi connectivity index (χ4v) is 0.677. The second-order valence-corrected chi connectivity index (χ2v) is 2.69. The van der Waals surface area contributed by atoms with Gasteiger partial charge >= 0.3 is 12.1 Å². The van der Waals surface area contributed by atoms with Crippen molar-refractivity contribution in [1.82, 2.24) is 5.32 Å². The van der Waals surface area contributed by atoms with Crippen LogP contribution in [0.25, 0.3) is 0 Å². The van der Waals surface area contributed by atoms with Crippen LogP contribution >= 0.6 is 0 Å². The summed E-state index contributed by atoms with van der Waals surface area (Å²) in [7, 11) is 0. The lowest BCUT2D eigenvalue weighted by Crippen LogP contribution is -2.19. The van der Waals surface area contributed by atoms with E-state index in [1.54, 1.807) is 6.92 Å². The molecule has 0 unspecified atom stereocenters. The Kier molecular flexibility index (Phi) is 12.8. The summed E-state index contributed by atoms with van der Waals surface area (Å²) in [4.78, 5) is 19.4. The molecule has 0 aromatic heterocycles. The number of carbonyl (C=O) groups is 2. The maximum atomic E-state index is 9.87. The Bertz CT molecular complexity index is 159. The minimum Gasteiger partial charge on any atom is -0.481 e. The Labute approximate surface area is 84.1 Å². The smallest absolute Gasteiger partial charge is 0.404 e. The first-order chi connectivity index (χ1) is 6.54. The fourth-order valence-electron chi connectivity index (χ4n) is 0.677. The van der Waals surface area contributed by atoms with Crippen LogP contribution in [-0.2, 0) is 4.79 Å². The van der Waals surface area contributed by atoms with Crippen LogP contribution in [0.5, 0.6) is 0 Å². The summed E-state index contributed by atoms with van der Waals surface area (Å²) in [6.07, 6.45) is 2.32. The molecule has 0 aliphatic carbocycles. The number of carboxylic acid groups (broad SMARTS) is 2. The van der Waals surface area contributed by atoms with Crippen molar-refractivity contribution in [3.63, 3.8) is 0 Å². The third-order valence-electron chi connectivity index (χ3n) is 1.32. The zero-order valence-corrected chi connectivity index (χ0v) is 8.75. The first kappa shape index (κ1) is 15.2. The molecule has 0 aromatic carbocycles. The lowest BCUT2D eigenvalue weighted by molar-refractivity contribution is -0.137. The summed E-state index contributed by atoms with van der Waals surface area (Å²) in [5.41, 5.74) is 0. The Morgan fingerprint density at radius 1 is 1.14 bits per heavy atom. The van der Waals surface area contributed by atoms with Crippen LogP contribution < -0.4 is 5.32 Å². The van der Waals surface area contributed by atoms with E-state index in [-0.39, 0.29) is 0 Å². The van der Waals surface area contributed by atoms with Crippen molar-refractivity contribution in [2.75, 3.05) is 6.54 Å². The predicted molar refractivity (Wildman–Crippen MR) is 53.5 cm³/mol. The average molecular weight is 205 g/mol. The van der Waals surface area contributed by atoms with Gasteiger partial charge in [0.05, 0.1) is 0 Å². The number of nitrogens with one attached hydrogen (secondary N) is 1. The Morgan fingerprint density at radius 3 is 1.93 bits per heavy atom. The molecule has 0 rings (SSSR count). The molecule has 84 valence electrons. The number of aliphatic carboxylic acids is 1. The Balaban J connectivity index is 0. The van der Waals surface area contributed by atoms with Gasteiger partial charge in [-0.05, 0) is 13.3 Å². The highest BCUT2D eigenvalue weighted by Crippen LogP contribution is 1.97. The molecule has 0 atom stereocenters. The monoisotopic (exact) mass is 205 g/mol. The highest BCUT2D eigenvalue weighted by molar-refractivity contribution is 5.66. The molecule has 0 aromatic rings. The molecule has 1 amide bonds. The molecule has 5 nitrogen and oxygen atoms in total. The van der Waals surface area contributed by atoms with Crippen LogP contribution in [0.2, 0.25) is 0 Å². The lowest BCUT2D eigenvalue weighted by Gasteiger charge is -1.89. The van der Waals surface area contributed by atoms with Gasteiger partial charge in [-0.15, -0.1) is 0 Å². The number of amides is 1. The van der Waals surface area contributed by atoms with E-state index < -0.39 is 12.1 Å². The first-order valence-electron chi connectivity index (χ1n) is 4.73. The highest BCUT2D eigenvalue weighted by atomic mass is 16.4. The number of hydrogen-bond donors (Lipinski definition) is 3. The largest absolute Gasteiger partial charge is 0.481 e. The predicted octanol–water partition coefficient (Wildman–Crippen LogP) is 1.93. The van der Waals surface area contributed by atoms with Crippen molar-refractivity contribution in [3.8, 4) is 0 Å². The van der Waals surface area contributed by atoms with Gasteiger partial charge < -0.3 is 15.5 Å². The van der Waals surface area contributed by atoms with Crippen LogP contribution in [0.3, 0.4) is 0 Å². The van der Waals surface area contributed by atoms with Crippen molar-refractivity contribution in [3.05, 3.63) is 0 Å². The first-order valence-corrected chi connectivity index (χ1v) is 4.73. The fraction of sp³-hybridized carbons (Fsp3) is 0.778. The maximum Gasteiger partial charge on any atom is 0.404 e. The minimum atomic E-state index is -0.961. The maximum absolute atomic E-state index is 9.87. The Morgan fingerprint density at radius 2 is 1.71 bits per heavy atom. The molecule has 0 saturated heterocycles. The van der Waals surface area contributed by atoms with E-state index in [1.807, 2.05) is 0 Å². The van der Waals surface area contributed by atoms with Gasteiger partial charge in [0.2, 0.25) is 0 Å². The highest BCUT2D eigenvalue weighted by Gasteiger charge is 1.92. The van der Waals surface area contributed by atoms with E-state index in [1.165, 1.54) is 0 Å². The number of hydrogen-bond acceptors (Lipinski definition) is 2. The molecule has 0 spiro atoms. The third kappa shape index (κ3) is 22.4. The molecular weight excluding hydrogens is 186 g/mol. The summed E-state index contributed by atoms with van der Waals surface area (Å²) in [6.45, 7) is 4.27. The zero-order chi connectivity index (χ0) is 11.4. The molecule has 5 heteroatoms. The van der Waals surface area contributed by atoms with Gasteiger partial charge in [0.1, 0.15) is 0 Å². The van der Waals surface area contributed by atoms with Gasteiger partial charge in [-0.3, -0.25) is 4.79 Å². The second-order valence-electron chi connectivity index (χ2n) is 2.69. The van der Waals surface area contributed by atoms with Gasteiger partial charge in [0.15, 0.2) is 0 Å². The van der Waals surface area contributed by atoms with E-state index >= 15 is 0 Å². The topological polar surface area (TPSA) is 86.6 Å². The summed E-state index contributed by atoms with van der Waals surface area (Å²) < 4.78 is 0. The van der Waals surface area contributed by atoms with Crippen LogP contribution in [0.15, 0.2) is 0 Å². The van der Waals surface area contributed by atoms with Gasteiger partial charge in [-0.1, -0.05) is 19.8 Å². The summed E-state index contributed by atoms with van der Waals surface area (Å²) in [5, 5.41) is 18.1. The number of rotatable bonds is 5. The second kappa shape index (κ2) is 11.7.